The van der Waals surface area contributed by atoms with Crippen molar-refractivity contribution in [1.29, 1.82) is 0 Å². The molecule has 0 amide bonds. The molecule has 1 aromatic carbocycles. The van der Waals surface area contributed by atoms with Crippen molar-refractivity contribution >= 4 is 22.6 Å². The summed E-state index contributed by atoms with van der Waals surface area (Å²) in [6.07, 6.45) is 0. The van der Waals surface area contributed by atoms with Gasteiger partial charge in [-0.2, -0.15) is 9.36 Å². The number of aliphatic hydroxyl groups excluding tert-OH is 1. The number of aromatic nitrogens is 2. The van der Waals surface area contributed by atoms with Crippen LogP contribution in [0.15, 0.2) is 30.3 Å². The van der Waals surface area contributed by atoms with Gasteiger partial charge in [-0.1, -0.05) is 30.3 Å². The molecule has 0 spiro atoms. The second kappa shape index (κ2) is 4.91. The highest BCUT2D eigenvalue weighted by atomic mass is 32.1. The molecule has 1 heterocycles. The van der Waals surface area contributed by atoms with Gasteiger partial charge in [-0.25, -0.2) is 0 Å². The second-order valence-electron chi connectivity index (χ2n) is 3.25. The van der Waals surface area contributed by atoms with Crippen LogP contribution in [0.5, 0.6) is 0 Å². The van der Waals surface area contributed by atoms with Crippen LogP contribution in [0, 0.1) is 0 Å². The summed E-state index contributed by atoms with van der Waals surface area (Å²) in [5.74, 6) is 0.247. The lowest BCUT2D eigenvalue weighted by atomic mass is 10.1. The van der Waals surface area contributed by atoms with Gasteiger partial charge in [-0.3, -0.25) is 0 Å². The van der Waals surface area contributed by atoms with E-state index in [9.17, 15) is 5.11 Å². The summed E-state index contributed by atoms with van der Waals surface area (Å²) < 4.78 is 3.86. The number of nitrogens with two attached hydrogens (primary N) is 1. The number of anilines is 2. The normalized spacial score (nSPS) is 12.3. The Balaban J connectivity index is 2.12. The monoisotopic (exact) mass is 236 g/mol. The molecule has 2 rings (SSSR count). The maximum absolute atomic E-state index is 9.31. The van der Waals surface area contributed by atoms with E-state index in [1.807, 2.05) is 30.3 Å². The van der Waals surface area contributed by atoms with E-state index < -0.39 is 0 Å². The van der Waals surface area contributed by atoms with Crippen molar-refractivity contribution in [1.82, 2.24) is 9.36 Å². The van der Waals surface area contributed by atoms with Crippen molar-refractivity contribution in [3.05, 3.63) is 35.9 Å². The van der Waals surface area contributed by atoms with Gasteiger partial charge in [0.25, 0.3) is 0 Å². The largest absolute Gasteiger partial charge is 0.394 e. The summed E-state index contributed by atoms with van der Waals surface area (Å²) in [6.45, 7) is -0.0104. The highest BCUT2D eigenvalue weighted by Crippen LogP contribution is 2.20. The van der Waals surface area contributed by atoms with E-state index >= 15 is 0 Å². The van der Waals surface area contributed by atoms with Crippen LogP contribution in [0.1, 0.15) is 11.6 Å². The molecule has 0 aliphatic heterocycles. The molecule has 84 valence electrons. The summed E-state index contributed by atoms with van der Waals surface area (Å²) in [5.41, 5.74) is 6.42. The first-order valence-electron chi connectivity index (χ1n) is 4.81. The minimum absolute atomic E-state index is 0.0104. The van der Waals surface area contributed by atoms with Crippen molar-refractivity contribution in [2.75, 3.05) is 17.7 Å². The Labute approximate surface area is 97.1 Å². The van der Waals surface area contributed by atoms with E-state index in [2.05, 4.69) is 14.7 Å². The van der Waals surface area contributed by atoms with Gasteiger partial charge in [-0.05, 0) is 5.56 Å². The molecule has 1 atom stereocenters. The van der Waals surface area contributed by atoms with Gasteiger partial charge in [0.15, 0.2) is 0 Å². The van der Waals surface area contributed by atoms with Crippen LogP contribution in [-0.2, 0) is 0 Å². The highest BCUT2D eigenvalue weighted by Gasteiger charge is 2.11. The van der Waals surface area contributed by atoms with Crippen LogP contribution >= 0.6 is 11.5 Å². The number of nitrogen functional groups attached to an aromatic ring is 1. The van der Waals surface area contributed by atoms with Crippen LogP contribution in [0.4, 0.5) is 11.1 Å². The number of aliphatic hydroxyl groups is 1. The summed E-state index contributed by atoms with van der Waals surface area (Å²) in [4.78, 5) is 3.99. The van der Waals surface area contributed by atoms with Gasteiger partial charge in [0.05, 0.1) is 12.6 Å². The van der Waals surface area contributed by atoms with Crippen molar-refractivity contribution in [2.24, 2.45) is 0 Å². The molecule has 6 heteroatoms. The predicted octanol–water partition coefficient (Wildman–Crippen LogP) is 1.27. The number of hydrogen-bond acceptors (Lipinski definition) is 6. The van der Waals surface area contributed by atoms with Gasteiger partial charge in [-0.15, -0.1) is 0 Å². The molecule has 4 N–H and O–H groups in total. The average molecular weight is 236 g/mol. The lowest BCUT2D eigenvalue weighted by Crippen LogP contribution is -2.14. The number of hydrogen-bond donors (Lipinski definition) is 3. The quantitative estimate of drug-likeness (QED) is 0.744. The maximum Gasteiger partial charge on any atom is 0.233 e. The fourth-order valence-electron chi connectivity index (χ4n) is 1.36. The predicted molar refractivity (Wildman–Crippen MR) is 64.2 cm³/mol. The van der Waals surface area contributed by atoms with E-state index in [-0.39, 0.29) is 18.6 Å². The third-order valence-electron chi connectivity index (χ3n) is 2.12. The molecule has 1 aromatic heterocycles. The molecule has 0 saturated carbocycles. The van der Waals surface area contributed by atoms with Crippen molar-refractivity contribution in [3.8, 4) is 0 Å². The number of nitrogens with zero attached hydrogens (tertiary/aromatic N) is 2. The van der Waals surface area contributed by atoms with E-state index in [4.69, 9.17) is 5.73 Å². The second-order valence-corrected chi connectivity index (χ2v) is 4.00. The third kappa shape index (κ3) is 2.47. The Hall–Kier alpha value is -1.66. The smallest absolute Gasteiger partial charge is 0.233 e. The first kappa shape index (κ1) is 10.8. The Morgan fingerprint density at radius 3 is 2.69 bits per heavy atom. The molecule has 0 bridgehead atoms. The van der Waals surface area contributed by atoms with E-state index in [0.29, 0.717) is 5.13 Å². The lowest BCUT2D eigenvalue weighted by Gasteiger charge is -2.15. The summed E-state index contributed by atoms with van der Waals surface area (Å²) in [5, 5.41) is 13.0. The fraction of sp³-hybridized carbons (Fsp3) is 0.200. The summed E-state index contributed by atoms with van der Waals surface area (Å²) in [7, 11) is 0. The minimum Gasteiger partial charge on any atom is -0.394 e. The summed E-state index contributed by atoms with van der Waals surface area (Å²) >= 11 is 1.18. The summed E-state index contributed by atoms with van der Waals surface area (Å²) in [6, 6.07) is 9.48. The Morgan fingerprint density at radius 1 is 1.38 bits per heavy atom. The molecule has 0 saturated heterocycles. The zero-order chi connectivity index (χ0) is 11.4. The van der Waals surface area contributed by atoms with E-state index in [1.54, 1.807) is 0 Å². The molecule has 0 fully saturated rings. The number of nitrogens with one attached hydrogen (secondary N) is 1. The molecule has 16 heavy (non-hydrogen) atoms. The SMILES string of the molecule is Nc1nsc(NC(CO)c2ccccc2)n1. The Morgan fingerprint density at radius 2 is 2.12 bits per heavy atom. The van der Waals surface area contributed by atoms with Gasteiger partial charge in [0.2, 0.25) is 11.1 Å². The Kier molecular flexibility index (Phi) is 3.33. The first-order valence-corrected chi connectivity index (χ1v) is 5.58. The highest BCUT2D eigenvalue weighted by molar-refractivity contribution is 7.09. The van der Waals surface area contributed by atoms with Crippen molar-refractivity contribution < 1.29 is 5.11 Å². The van der Waals surface area contributed by atoms with Gasteiger partial charge >= 0.3 is 0 Å². The topological polar surface area (TPSA) is 84.1 Å². The average Bonchev–Trinajstić information content (AvgIpc) is 2.73. The zero-order valence-corrected chi connectivity index (χ0v) is 9.31. The van der Waals surface area contributed by atoms with Crippen LogP contribution in [0.3, 0.4) is 0 Å². The molecule has 0 aliphatic rings. The number of benzene rings is 1. The van der Waals surface area contributed by atoms with E-state index in [0.717, 1.165) is 5.56 Å². The van der Waals surface area contributed by atoms with Crippen molar-refractivity contribution in [2.45, 2.75) is 6.04 Å². The third-order valence-corrected chi connectivity index (χ3v) is 2.78. The standard InChI is InChI=1S/C10H12N4OS/c11-9-13-10(16-14-9)12-8(6-15)7-4-2-1-3-5-7/h1-5,8,15H,6H2,(H3,11,12,13,14). The molecule has 1 unspecified atom stereocenters. The minimum atomic E-state index is -0.187. The molecule has 0 radical (unpaired) electrons. The van der Waals surface area contributed by atoms with Crippen LogP contribution in [0.25, 0.3) is 0 Å². The van der Waals surface area contributed by atoms with Crippen LogP contribution < -0.4 is 11.1 Å². The molecule has 0 aliphatic carbocycles. The number of rotatable bonds is 4. The lowest BCUT2D eigenvalue weighted by molar-refractivity contribution is 0.276. The van der Waals surface area contributed by atoms with Crippen molar-refractivity contribution in [3.63, 3.8) is 0 Å². The molecular weight excluding hydrogens is 224 g/mol. The van der Waals surface area contributed by atoms with Crippen LogP contribution in [-0.4, -0.2) is 21.1 Å². The zero-order valence-electron chi connectivity index (χ0n) is 8.50. The molecular formula is C10H12N4OS. The van der Waals surface area contributed by atoms with Crippen LogP contribution in [0.2, 0.25) is 0 Å². The fourth-order valence-corrected chi connectivity index (χ4v) is 1.91. The maximum atomic E-state index is 9.31. The molecule has 5 nitrogen and oxygen atoms in total. The van der Waals surface area contributed by atoms with Gasteiger partial charge < -0.3 is 16.2 Å². The van der Waals surface area contributed by atoms with Gasteiger partial charge in [0, 0.05) is 11.5 Å². The molecule has 2 aromatic rings. The van der Waals surface area contributed by atoms with E-state index in [1.165, 1.54) is 11.5 Å². The van der Waals surface area contributed by atoms with Gasteiger partial charge in [0.1, 0.15) is 0 Å². The Bertz CT molecular complexity index is 445. The first-order chi connectivity index (χ1) is 7.79.